The second kappa shape index (κ2) is 6.25. The molecule has 0 radical (unpaired) electrons. The lowest BCUT2D eigenvalue weighted by Crippen LogP contribution is -2.45. The van der Waals surface area contributed by atoms with E-state index >= 15 is 0 Å². The van der Waals surface area contributed by atoms with Crippen LogP contribution in [0.15, 0.2) is 32.4 Å². The lowest BCUT2D eigenvalue weighted by Gasteiger charge is -2.23. The van der Waals surface area contributed by atoms with Crippen molar-refractivity contribution in [2.75, 3.05) is 12.8 Å². The maximum absolute atomic E-state index is 12.7. The molecule has 0 aliphatic heterocycles. The van der Waals surface area contributed by atoms with Crippen LogP contribution in [-0.2, 0) is 20.6 Å². The standard InChI is InChI=1S/C15H20N4O4/c1-9(17(2)8-10-6-5-7-23-10)12(20)11-13(16)18(3)15(22)19(4)14(11)21/h5-7,9H,8,16H2,1-4H3/t9-/m1/s1. The highest BCUT2D eigenvalue weighted by Crippen LogP contribution is 2.13. The van der Waals surface area contributed by atoms with E-state index in [4.69, 9.17) is 10.2 Å². The van der Waals surface area contributed by atoms with Gasteiger partial charge in [-0.25, -0.2) is 4.79 Å². The molecule has 8 nitrogen and oxygen atoms in total. The number of aromatic nitrogens is 2. The van der Waals surface area contributed by atoms with Crippen molar-refractivity contribution in [3.63, 3.8) is 0 Å². The third-order valence-electron chi connectivity index (χ3n) is 3.98. The summed E-state index contributed by atoms with van der Waals surface area (Å²) in [6, 6.07) is 2.96. The average molecular weight is 320 g/mol. The van der Waals surface area contributed by atoms with Gasteiger partial charge in [0.15, 0.2) is 5.78 Å². The number of nitrogens with zero attached hydrogens (tertiary/aromatic N) is 3. The molecule has 0 bridgehead atoms. The van der Waals surface area contributed by atoms with E-state index < -0.39 is 23.1 Å². The topological polar surface area (TPSA) is 103 Å². The summed E-state index contributed by atoms with van der Waals surface area (Å²) in [6.45, 7) is 2.08. The lowest BCUT2D eigenvalue weighted by atomic mass is 10.1. The Labute approximate surface area is 132 Å². The van der Waals surface area contributed by atoms with Crippen molar-refractivity contribution in [3.05, 3.63) is 50.6 Å². The van der Waals surface area contributed by atoms with E-state index in [2.05, 4.69) is 0 Å². The molecule has 23 heavy (non-hydrogen) atoms. The van der Waals surface area contributed by atoms with Crippen molar-refractivity contribution in [1.29, 1.82) is 0 Å². The van der Waals surface area contributed by atoms with Crippen LogP contribution in [0.3, 0.4) is 0 Å². The number of carbonyl (C=O) groups is 1. The summed E-state index contributed by atoms with van der Waals surface area (Å²) in [5.41, 5.74) is 4.39. The van der Waals surface area contributed by atoms with Gasteiger partial charge in [0.05, 0.1) is 18.8 Å². The van der Waals surface area contributed by atoms with Crippen LogP contribution in [0.4, 0.5) is 5.82 Å². The predicted molar refractivity (Wildman–Crippen MR) is 85.3 cm³/mol. The number of hydrogen-bond acceptors (Lipinski definition) is 6. The maximum atomic E-state index is 12.7. The van der Waals surface area contributed by atoms with Gasteiger partial charge in [0, 0.05) is 14.1 Å². The summed E-state index contributed by atoms with van der Waals surface area (Å²) in [7, 11) is 4.48. The second-order valence-electron chi connectivity index (χ2n) is 5.50. The fourth-order valence-electron chi connectivity index (χ4n) is 2.29. The highest BCUT2D eigenvalue weighted by molar-refractivity contribution is 6.03. The van der Waals surface area contributed by atoms with Crippen molar-refractivity contribution in [1.82, 2.24) is 14.0 Å². The monoisotopic (exact) mass is 320 g/mol. The summed E-state index contributed by atoms with van der Waals surface area (Å²) < 4.78 is 7.22. The van der Waals surface area contributed by atoms with Gasteiger partial charge in [-0.05, 0) is 26.1 Å². The quantitative estimate of drug-likeness (QED) is 0.776. The fraction of sp³-hybridized carbons (Fsp3) is 0.400. The van der Waals surface area contributed by atoms with Crippen LogP contribution in [0.1, 0.15) is 23.0 Å². The van der Waals surface area contributed by atoms with Crippen molar-refractivity contribution < 1.29 is 9.21 Å². The zero-order valence-electron chi connectivity index (χ0n) is 13.6. The molecule has 0 unspecified atom stereocenters. The molecule has 8 heteroatoms. The Kier molecular flexibility index (Phi) is 4.55. The molecule has 124 valence electrons. The van der Waals surface area contributed by atoms with Crippen molar-refractivity contribution in [2.45, 2.75) is 19.5 Å². The van der Waals surface area contributed by atoms with Crippen molar-refractivity contribution in [2.24, 2.45) is 14.1 Å². The number of furan rings is 1. The number of nitrogens with two attached hydrogens (primary N) is 1. The normalized spacial score (nSPS) is 12.6. The lowest BCUT2D eigenvalue weighted by molar-refractivity contribution is 0.0853. The van der Waals surface area contributed by atoms with Crippen LogP contribution in [0.2, 0.25) is 0 Å². The van der Waals surface area contributed by atoms with E-state index in [0.29, 0.717) is 12.3 Å². The predicted octanol–water partition coefficient (Wildman–Crippen LogP) is -0.0376. The third-order valence-corrected chi connectivity index (χ3v) is 3.98. The zero-order valence-corrected chi connectivity index (χ0v) is 13.6. The highest BCUT2D eigenvalue weighted by atomic mass is 16.3. The molecule has 2 aromatic rings. The summed E-state index contributed by atoms with van der Waals surface area (Å²) in [5.74, 6) is 0.141. The van der Waals surface area contributed by atoms with Crippen molar-refractivity contribution in [3.8, 4) is 0 Å². The minimum absolute atomic E-state index is 0.124. The molecule has 2 heterocycles. The smallest absolute Gasteiger partial charge is 0.332 e. The van der Waals surface area contributed by atoms with E-state index in [-0.39, 0.29) is 11.4 Å². The van der Waals surface area contributed by atoms with Gasteiger partial charge in [-0.3, -0.25) is 23.6 Å². The fourth-order valence-corrected chi connectivity index (χ4v) is 2.29. The summed E-state index contributed by atoms with van der Waals surface area (Å²) >= 11 is 0. The van der Waals surface area contributed by atoms with E-state index in [1.807, 2.05) is 0 Å². The molecule has 0 saturated carbocycles. The van der Waals surface area contributed by atoms with Crippen LogP contribution in [-0.4, -0.2) is 32.9 Å². The number of nitrogen functional groups attached to an aromatic ring is 1. The summed E-state index contributed by atoms with van der Waals surface area (Å²) in [4.78, 5) is 38.5. The van der Waals surface area contributed by atoms with Crippen LogP contribution in [0.25, 0.3) is 0 Å². The Morgan fingerprint density at radius 2 is 2.00 bits per heavy atom. The van der Waals surface area contributed by atoms with Gasteiger partial charge in [0.1, 0.15) is 17.1 Å². The molecule has 0 spiro atoms. The van der Waals surface area contributed by atoms with Crippen LogP contribution in [0.5, 0.6) is 0 Å². The number of anilines is 1. The number of ketones is 1. The number of likely N-dealkylation sites (N-methyl/N-ethyl adjacent to an activating group) is 1. The Morgan fingerprint density at radius 3 is 2.57 bits per heavy atom. The second-order valence-corrected chi connectivity index (χ2v) is 5.50. The molecule has 0 aromatic carbocycles. The first-order valence-electron chi connectivity index (χ1n) is 7.08. The summed E-state index contributed by atoms with van der Waals surface area (Å²) in [5, 5.41) is 0. The van der Waals surface area contributed by atoms with Gasteiger partial charge in [-0.15, -0.1) is 0 Å². The van der Waals surface area contributed by atoms with Gasteiger partial charge in [-0.2, -0.15) is 0 Å². The molecule has 0 amide bonds. The Balaban J connectivity index is 2.37. The van der Waals surface area contributed by atoms with Crippen LogP contribution >= 0.6 is 0 Å². The van der Waals surface area contributed by atoms with Crippen LogP contribution in [0, 0.1) is 0 Å². The van der Waals surface area contributed by atoms with Crippen LogP contribution < -0.4 is 17.0 Å². The molecular weight excluding hydrogens is 300 g/mol. The van der Waals surface area contributed by atoms with Gasteiger partial charge in [0.25, 0.3) is 5.56 Å². The SMILES string of the molecule is C[C@H](C(=O)c1c(N)n(C)c(=O)n(C)c1=O)N(C)Cc1ccco1. The molecule has 1 atom stereocenters. The molecule has 0 aliphatic rings. The molecule has 2 aromatic heterocycles. The third kappa shape index (κ3) is 2.98. The average Bonchev–Trinajstić information content (AvgIpc) is 3.03. The number of Topliss-reactive ketones (excluding diaryl/α,β-unsaturated/α-hetero) is 1. The molecule has 0 saturated heterocycles. The zero-order chi connectivity index (χ0) is 17.3. The molecule has 0 fully saturated rings. The van der Waals surface area contributed by atoms with E-state index in [1.165, 1.54) is 14.1 Å². The van der Waals surface area contributed by atoms with Gasteiger partial charge in [-0.1, -0.05) is 0 Å². The molecule has 2 rings (SSSR count). The largest absolute Gasteiger partial charge is 0.468 e. The van der Waals surface area contributed by atoms with E-state index in [1.54, 1.807) is 37.3 Å². The Hall–Kier alpha value is -2.61. The maximum Gasteiger partial charge on any atom is 0.332 e. The van der Waals surface area contributed by atoms with E-state index in [0.717, 1.165) is 9.13 Å². The molecular formula is C15H20N4O4. The minimum Gasteiger partial charge on any atom is -0.468 e. The van der Waals surface area contributed by atoms with Gasteiger partial charge >= 0.3 is 5.69 Å². The molecule has 0 aliphatic carbocycles. The first-order chi connectivity index (χ1) is 10.8. The number of rotatable bonds is 5. The summed E-state index contributed by atoms with van der Waals surface area (Å²) in [6.07, 6.45) is 1.55. The highest BCUT2D eigenvalue weighted by Gasteiger charge is 2.27. The number of carbonyl (C=O) groups excluding carboxylic acids is 1. The van der Waals surface area contributed by atoms with Crippen molar-refractivity contribution >= 4 is 11.6 Å². The number of hydrogen-bond donors (Lipinski definition) is 1. The van der Waals surface area contributed by atoms with Gasteiger partial charge < -0.3 is 10.2 Å². The van der Waals surface area contributed by atoms with Gasteiger partial charge in [0.2, 0.25) is 0 Å². The first-order valence-corrected chi connectivity index (χ1v) is 7.08. The Bertz CT molecular complexity index is 832. The first kappa shape index (κ1) is 16.8. The van der Waals surface area contributed by atoms with E-state index in [9.17, 15) is 14.4 Å². The minimum atomic E-state index is -0.686. The Morgan fingerprint density at radius 1 is 1.35 bits per heavy atom. The molecule has 2 N–H and O–H groups in total.